The summed E-state index contributed by atoms with van der Waals surface area (Å²) in [4.78, 5) is 21.8. The van der Waals surface area contributed by atoms with Gasteiger partial charge in [0.15, 0.2) is 0 Å². The number of aliphatic carboxylic acids is 1. The standard InChI is InChI=1S/C24H47NO12/c25-5-6-29-7-8-30-9-10-31-11-12-32-13-14-33-15-16-34-17-18-35-19-20-36-21-22-37-24(28)4-2-1-3-23(26)27/h1-22,25H2,(H,26,27). The summed E-state index contributed by atoms with van der Waals surface area (Å²) < 4.78 is 47.9. The second kappa shape index (κ2) is 30.8. The van der Waals surface area contributed by atoms with Crippen LogP contribution in [-0.4, -0.2) is 136 Å². The summed E-state index contributed by atoms with van der Waals surface area (Å²) in [5.41, 5.74) is 5.31. The molecule has 37 heavy (non-hydrogen) atoms. The summed E-state index contributed by atoms with van der Waals surface area (Å²) in [6, 6.07) is 0. The van der Waals surface area contributed by atoms with E-state index in [2.05, 4.69) is 0 Å². The Labute approximate surface area is 220 Å². The zero-order chi connectivity index (χ0) is 27.1. The zero-order valence-corrected chi connectivity index (χ0v) is 22.1. The molecule has 0 aliphatic rings. The van der Waals surface area contributed by atoms with E-state index < -0.39 is 5.97 Å². The lowest BCUT2D eigenvalue weighted by Crippen LogP contribution is -2.15. The molecule has 0 radical (unpaired) electrons. The van der Waals surface area contributed by atoms with Gasteiger partial charge in [0.25, 0.3) is 0 Å². The molecule has 0 spiro atoms. The van der Waals surface area contributed by atoms with E-state index in [0.717, 1.165) is 0 Å². The highest BCUT2D eigenvalue weighted by Gasteiger charge is 2.04. The Balaban J connectivity index is 3.09. The first-order valence-corrected chi connectivity index (χ1v) is 12.9. The van der Waals surface area contributed by atoms with E-state index >= 15 is 0 Å². The molecule has 0 aliphatic heterocycles. The molecular formula is C24H47NO12. The van der Waals surface area contributed by atoms with Gasteiger partial charge in [-0.05, 0) is 12.8 Å². The van der Waals surface area contributed by atoms with Crippen molar-refractivity contribution in [2.75, 3.05) is 119 Å². The van der Waals surface area contributed by atoms with E-state index in [1.165, 1.54) is 0 Å². The van der Waals surface area contributed by atoms with Gasteiger partial charge in [0.2, 0.25) is 0 Å². The minimum atomic E-state index is -0.861. The van der Waals surface area contributed by atoms with Crippen LogP contribution in [0.1, 0.15) is 25.7 Å². The molecule has 0 bridgehead atoms. The predicted octanol–water partition coefficient (Wildman–Crippen LogP) is 0.266. The fraction of sp³-hybridized carbons (Fsp3) is 0.917. The number of hydrogen-bond donors (Lipinski definition) is 2. The molecule has 0 unspecified atom stereocenters. The van der Waals surface area contributed by atoms with Crippen molar-refractivity contribution in [3.63, 3.8) is 0 Å². The van der Waals surface area contributed by atoms with Crippen molar-refractivity contribution in [1.29, 1.82) is 0 Å². The molecule has 0 aliphatic carbocycles. The molecule has 0 amide bonds. The monoisotopic (exact) mass is 541 g/mol. The SMILES string of the molecule is NCCOCCOCCOCCOCCOCCOCCOCCOCCOC(=O)CCCCC(=O)O. The van der Waals surface area contributed by atoms with Gasteiger partial charge in [-0.1, -0.05) is 0 Å². The summed E-state index contributed by atoms with van der Waals surface area (Å²) in [6.07, 6.45) is 1.25. The van der Waals surface area contributed by atoms with Crippen LogP contribution in [-0.2, 0) is 52.2 Å². The Morgan fingerprint density at radius 2 is 0.757 bits per heavy atom. The first-order chi connectivity index (χ1) is 18.2. The number of carboxylic acids is 1. The Morgan fingerprint density at radius 3 is 1.08 bits per heavy atom. The van der Waals surface area contributed by atoms with Crippen LogP contribution in [0.15, 0.2) is 0 Å². The van der Waals surface area contributed by atoms with Gasteiger partial charge in [-0.2, -0.15) is 0 Å². The fourth-order valence-electron chi connectivity index (χ4n) is 2.56. The molecule has 0 saturated heterocycles. The highest BCUT2D eigenvalue weighted by molar-refractivity contribution is 5.69. The lowest BCUT2D eigenvalue weighted by atomic mass is 10.2. The minimum absolute atomic E-state index is 0.0633. The highest BCUT2D eigenvalue weighted by Crippen LogP contribution is 2.01. The van der Waals surface area contributed by atoms with Gasteiger partial charge in [0.05, 0.1) is 106 Å². The molecule has 0 saturated carbocycles. The molecule has 0 aromatic carbocycles. The maximum atomic E-state index is 11.4. The molecule has 0 aromatic rings. The maximum Gasteiger partial charge on any atom is 0.305 e. The molecule has 13 heteroatoms. The van der Waals surface area contributed by atoms with Gasteiger partial charge in [-0.3, -0.25) is 9.59 Å². The van der Waals surface area contributed by atoms with E-state index in [9.17, 15) is 9.59 Å². The van der Waals surface area contributed by atoms with Gasteiger partial charge in [0.1, 0.15) is 6.61 Å². The first kappa shape index (κ1) is 35.6. The van der Waals surface area contributed by atoms with Gasteiger partial charge in [-0.25, -0.2) is 0 Å². The number of unbranched alkanes of at least 4 members (excludes halogenated alkanes) is 1. The molecule has 3 N–H and O–H groups in total. The van der Waals surface area contributed by atoms with Crippen LogP contribution in [0.25, 0.3) is 0 Å². The van der Waals surface area contributed by atoms with E-state index in [1.54, 1.807) is 0 Å². The first-order valence-electron chi connectivity index (χ1n) is 12.9. The van der Waals surface area contributed by atoms with Gasteiger partial charge >= 0.3 is 11.9 Å². The molecule has 0 heterocycles. The van der Waals surface area contributed by atoms with Crippen molar-refractivity contribution in [2.24, 2.45) is 5.73 Å². The fourth-order valence-corrected chi connectivity index (χ4v) is 2.56. The smallest absolute Gasteiger partial charge is 0.305 e. The van der Waals surface area contributed by atoms with Crippen LogP contribution in [0, 0.1) is 0 Å². The average molecular weight is 542 g/mol. The van der Waals surface area contributed by atoms with Crippen molar-refractivity contribution in [3.8, 4) is 0 Å². The lowest BCUT2D eigenvalue weighted by Gasteiger charge is -2.09. The number of rotatable bonds is 31. The number of carbonyl (C=O) groups excluding carboxylic acids is 1. The molecule has 0 atom stereocenters. The van der Waals surface area contributed by atoms with Crippen molar-refractivity contribution in [1.82, 2.24) is 0 Å². The number of ether oxygens (including phenoxy) is 9. The van der Waals surface area contributed by atoms with E-state index in [1.807, 2.05) is 0 Å². The van der Waals surface area contributed by atoms with E-state index in [-0.39, 0.29) is 32.0 Å². The van der Waals surface area contributed by atoms with Gasteiger partial charge in [0, 0.05) is 19.4 Å². The van der Waals surface area contributed by atoms with Crippen LogP contribution in [0.4, 0.5) is 0 Å². The van der Waals surface area contributed by atoms with Crippen LogP contribution >= 0.6 is 0 Å². The maximum absolute atomic E-state index is 11.4. The summed E-state index contributed by atoms with van der Waals surface area (Å²) in [7, 11) is 0. The molecule has 0 rings (SSSR count). The van der Waals surface area contributed by atoms with E-state index in [4.69, 9.17) is 53.5 Å². The lowest BCUT2D eigenvalue weighted by molar-refractivity contribution is -0.146. The topological polar surface area (TPSA) is 163 Å². The van der Waals surface area contributed by atoms with Crippen molar-refractivity contribution >= 4 is 11.9 Å². The Hall–Kier alpha value is -1.42. The second-order valence-corrected chi connectivity index (χ2v) is 7.51. The van der Waals surface area contributed by atoms with Crippen LogP contribution in [0.5, 0.6) is 0 Å². The molecule has 0 aromatic heterocycles. The highest BCUT2D eigenvalue weighted by atomic mass is 16.6. The Kier molecular flexibility index (Phi) is 29.6. The minimum Gasteiger partial charge on any atom is -0.481 e. The van der Waals surface area contributed by atoms with Gasteiger partial charge < -0.3 is 53.5 Å². The normalized spacial score (nSPS) is 11.2. The third-order valence-corrected chi connectivity index (χ3v) is 4.38. The van der Waals surface area contributed by atoms with Crippen molar-refractivity contribution in [3.05, 3.63) is 0 Å². The molecule has 0 fully saturated rings. The van der Waals surface area contributed by atoms with Crippen molar-refractivity contribution < 1.29 is 57.3 Å². The zero-order valence-electron chi connectivity index (χ0n) is 22.1. The largest absolute Gasteiger partial charge is 0.481 e. The summed E-state index contributed by atoms with van der Waals surface area (Å²) in [5.74, 6) is -1.21. The molecular weight excluding hydrogens is 494 g/mol. The summed E-state index contributed by atoms with van der Waals surface area (Å²) in [6.45, 7) is 8.30. The molecule has 13 nitrogen and oxygen atoms in total. The second-order valence-electron chi connectivity index (χ2n) is 7.51. The van der Waals surface area contributed by atoms with Crippen molar-refractivity contribution in [2.45, 2.75) is 25.7 Å². The third kappa shape index (κ3) is 32.6. The Bertz CT molecular complexity index is 498. The number of hydrogen-bond acceptors (Lipinski definition) is 12. The van der Waals surface area contributed by atoms with Crippen LogP contribution in [0.3, 0.4) is 0 Å². The number of carbonyl (C=O) groups is 2. The van der Waals surface area contributed by atoms with Gasteiger partial charge in [-0.15, -0.1) is 0 Å². The number of carboxylic acid groups (broad SMARTS) is 1. The van der Waals surface area contributed by atoms with E-state index in [0.29, 0.717) is 118 Å². The summed E-state index contributed by atoms with van der Waals surface area (Å²) >= 11 is 0. The Morgan fingerprint density at radius 1 is 0.459 bits per heavy atom. The number of esters is 1. The predicted molar refractivity (Wildman–Crippen MR) is 133 cm³/mol. The quantitative estimate of drug-likeness (QED) is 0.0908. The summed E-state index contributed by atoms with van der Waals surface area (Å²) in [5, 5.41) is 8.52. The average Bonchev–Trinajstić information content (AvgIpc) is 2.88. The third-order valence-electron chi connectivity index (χ3n) is 4.38. The number of nitrogens with two attached hydrogens (primary N) is 1. The van der Waals surface area contributed by atoms with Crippen LogP contribution in [0.2, 0.25) is 0 Å². The van der Waals surface area contributed by atoms with Crippen LogP contribution < -0.4 is 5.73 Å². The molecule has 220 valence electrons.